The van der Waals surface area contributed by atoms with Gasteiger partial charge in [0.15, 0.2) is 0 Å². The van der Waals surface area contributed by atoms with E-state index < -0.39 is 0 Å². The van der Waals surface area contributed by atoms with Gasteiger partial charge in [-0.1, -0.05) is 36.5 Å². The summed E-state index contributed by atoms with van der Waals surface area (Å²) in [4.78, 5) is 0. The van der Waals surface area contributed by atoms with Crippen LogP contribution in [0.1, 0.15) is 38.5 Å². The summed E-state index contributed by atoms with van der Waals surface area (Å²) in [6.45, 7) is 0. The van der Waals surface area contributed by atoms with E-state index in [1.807, 2.05) is 0 Å². The summed E-state index contributed by atoms with van der Waals surface area (Å²) < 4.78 is 0. The molecular weight excluding hydrogens is 144 g/mol. The Morgan fingerprint density at radius 2 is 1.00 bits per heavy atom. The number of rotatable bonds is 0. The lowest BCUT2D eigenvalue weighted by Crippen LogP contribution is -1.74. The van der Waals surface area contributed by atoms with Gasteiger partial charge in [-0.25, -0.2) is 0 Å². The summed E-state index contributed by atoms with van der Waals surface area (Å²) >= 11 is 0. The van der Waals surface area contributed by atoms with Crippen LogP contribution in [0.15, 0.2) is 36.5 Å². The molecule has 0 radical (unpaired) electrons. The third-order valence-electron chi connectivity index (χ3n) is 2.04. The first-order chi connectivity index (χ1) is 6.00. The van der Waals surface area contributed by atoms with Gasteiger partial charge in [-0.05, 0) is 38.5 Å². The summed E-state index contributed by atoms with van der Waals surface area (Å²) in [5, 5.41) is 0. The van der Waals surface area contributed by atoms with Crippen LogP contribution < -0.4 is 0 Å². The van der Waals surface area contributed by atoms with Crippen LogP contribution in [0.2, 0.25) is 0 Å². The van der Waals surface area contributed by atoms with E-state index >= 15 is 0 Å². The summed E-state index contributed by atoms with van der Waals surface area (Å²) in [7, 11) is 0. The fourth-order valence-corrected chi connectivity index (χ4v) is 1.30. The topological polar surface area (TPSA) is 0 Å². The third kappa shape index (κ3) is 4.95. The lowest BCUT2D eigenvalue weighted by molar-refractivity contribution is 0.760. The highest BCUT2D eigenvalue weighted by molar-refractivity contribution is 5.03. The SMILES string of the molecule is C1=CCCC=CCCCC/C=C/1. The van der Waals surface area contributed by atoms with E-state index in [2.05, 4.69) is 36.5 Å². The zero-order chi connectivity index (χ0) is 8.49. The molecule has 0 saturated carbocycles. The van der Waals surface area contributed by atoms with Crippen molar-refractivity contribution in [1.29, 1.82) is 0 Å². The first-order valence-electron chi connectivity index (χ1n) is 4.97. The molecule has 0 amide bonds. The van der Waals surface area contributed by atoms with Crippen molar-refractivity contribution in [2.45, 2.75) is 38.5 Å². The first kappa shape index (κ1) is 9.31. The molecule has 0 aromatic rings. The van der Waals surface area contributed by atoms with Crippen molar-refractivity contribution in [2.24, 2.45) is 0 Å². The molecule has 1 aliphatic carbocycles. The van der Waals surface area contributed by atoms with Crippen LogP contribution in [0, 0.1) is 0 Å². The van der Waals surface area contributed by atoms with Crippen LogP contribution in [0.25, 0.3) is 0 Å². The Morgan fingerprint density at radius 3 is 1.83 bits per heavy atom. The Labute approximate surface area is 75.7 Å². The highest BCUT2D eigenvalue weighted by atomic mass is 13.9. The summed E-state index contributed by atoms with van der Waals surface area (Å²) in [5.74, 6) is 0. The van der Waals surface area contributed by atoms with Crippen LogP contribution in [0.5, 0.6) is 0 Å². The standard InChI is InChI=1S/C12H18/c1-2-4-6-8-10-12-11-9-7-5-3-1/h1-4,9,11H,5-8,10,12H2/b3-1?,4-2+,11-9?. The zero-order valence-corrected chi connectivity index (χ0v) is 7.71. The Hall–Kier alpha value is -0.780. The van der Waals surface area contributed by atoms with Crippen LogP contribution in [0.4, 0.5) is 0 Å². The fourth-order valence-electron chi connectivity index (χ4n) is 1.30. The van der Waals surface area contributed by atoms with E-state index in [1.54, 1.807) is 0 Å². The van der Waals surface area contributed by atoms with Crippen molar-refractivity contribution in [2.75, 3.05) is 0 Å². The molecule has 0 fully saturated rings. The van der Waals surface area contributed by atoms with Crippen LogP contribution in [-0.4, -0.2) is 0 Å². The Balaban J connectivity index is 2.31. The lowest BCUT2D eigenvalue weighted by atomic mass is 10.1. The summed E-state index contributed by atoms with van der Waals surface area (Å²) in [6, 6.07) is 0. The van der Waals surface area contributed by atoms with E-state index in [0.717, 1.165) is 0 Å². The van der Waals surface area contributed by atoms with Gasteiger partial charge < -0.3 is 0 Å². The van der Waals surface area contributed by atoms with Crippen LogP contribution in [0.3, 0.4) is 0 Å². The summed E-state index contributed by atoms with van der Waals surface area (Å²) in [5.41, 5.74) is 0. The van der Waals surface area contributed by atoms with Gasteiger partial charge in [0.2, 0.25) is 0 Å². The average molecular weight is 162 g/mol. The van der Waals surface area contributed by atoms with Crippen molar-refractivity contribution in [3.8, 4) is 0 Å². The van der Waals surface area contributed by atoms with Crippen molar-refractivity contribution in [1.82, 2.24) is 0 Å². The van der Waals surface area contributed by atoms with Gasteiger partial charge in [-0.15, -0.1) is 0 Å². The minimum Gasteiger partial charge on any atom is -0.0885 e. The molecular formula is C12H18. The van der Waals surface area contributed by atoms with Crippen molar-refractivity contribution < 1.29 is 0 Å². The number of hydrogen-bond donors (Lipinski definition) is 0. The predicted molar refractivity (Wildman–Crippen MR) is 55.1 cm³/mol. The molecule has 0 atom stereocenters. The van der Waals surface area contributed by atoms with Gasteiger partial charge in [0.25, 0.3) is 0 Å². The maximum atomic E-state index is 2.32. The molecule has 12 heavy (non-hydrogen) atoms. The molecule has 0 saturated heterocycles. The van der Waals surface area contributed by atoms with E-state index in [0.29, 0.717) is 0 Å². The molecule has 0 aromatic heterocycles. The molecule has 0 heteroatoms. The average Bonchev–Trinajstić information content (AvgIpc) is 2.05. The van der Waals surface area contributed by atoms with Crippen LogP contribution in [-0.2, 0) is 0 Å². The molecule has 1 aliphatic rings. The molecule has 0 unspecified atom stereocenters. The van der Waals surface area contributed by atoms with Crippen LogP contribution >= 0.6 is 0 Å². The van der Waals surface area contributed by atoms with Gasteiger partial charge in [0.05, 0.1) is 0 Å². The number of hydrogen-bond acceptors (Lipinski definition) is 0. The second-order valence-electron chi connectivity index (χ2n) is 3.19. The minimum atomic E-state index is 1.18. The maximum absolute atomic E-state index is 2.32. The smallest absolute Gasteiger partial charge is 0.0313 e. The van der Waals surface area contributed by atoms with Gasteiger partial charge >= 0.3 is 0 Å². The highest BCUT2D eigenvalue weighted by Crippen LogP contribution is 2.04. The van der Waals surface area contributed by atoms with E-state index in [1.165, 1.54) is 38.5 Å². The molecule has 0 aromatic carbocycles. The molecule has 0 bridgehead atoms. The maximum Gasteiger partial charge on any atom is -0.0313 e. The Morgan fingerprint density at radius 1 is 0.500 bits per heavy atom. The monoisotopic (exact) mass is 162 g/mol. The van der Waals surface area contributed by atoms with Gasteiger partial charge in [0, 0.05) is 0 Å². The minimum absolute atomic E-state index is 1.18. The van der Waals surface area contributed by atoms with E-state index in [4.69, 9.17) is 0 Å². The second-order valence-corrected chi connectivity index (χ2v) is 3.19. The molecule has 66 valence electrons. The molecule has 0 heterocycles. The van der Waals surface area contributed by atoms with Gasteiger partial charge in [-0.3, -0.25) is 0 Å². The lowest BCUT2D eigenvalue weighted by Gasteiger charge is -1.94. The second kappa shape index (κ2) is 6.90. The quantitative estimate of drug-likeness (QED) is 0.472. The predicted octanol–water partition coefficient (Wildman–Crippen LogP) is 4.01. The molecule has 0 aliphatic heterocycles. The number of allylic oxidation sites excluding steroid dienone is 6. The molecule has 1 rings (SSSR count). The van der Waals surface area contributed by atoms with Crippen molar-refractivity contribution >= 4 is 0 Å². The Kier molecular flexibility index (Phi) is 5.35. The normalized spacial score (nSPS) is 22.7. The van der Waals surface area contributed by atoms with E-state index in [-0.39, 0.29) is 0 Å². The summed E-state index contributed by atoms with van der Waals surface area (Å²) in [6.07, 6.45) is 21.0. The van der Waals surface area contributed by atoms with Gasteiger partial charge in [-0.2, -0.15) is 0 Å². The highest BCUT2D eigenvalue weighted by Gasteiger charge is 1.84. The Bertz CT molecular complexity index is 172. The van der Waals surface area contributed by atoms with Crippen molar-refractivity contribution in [3.05, 3.63) is 36.5 Å². The van der Waals surface area contributed by atoms with E-state index in [9.17, 15) is 0 Å². The molecule has 0 nitrogen and oxygen atoms in total. The first-order valence-corrected chi connectivity index (χ1v) is 4.97. The van der Waals surface area contributed by atoms with Gasteiger partial charge in [0.1, 0.15) is 0 Å². The molecule has 0 spiro atoms. The largest absolute Gasteiger partial charge is 0.0885 e. The zero-order valence-electron chi connectivity index (χ0n) is 7.71. The fraction of sp³-hybridized carbons (Fsp3) is 0.500. The molecule has 0 N–H and O–H groups in total. The van der Waals surface area contributed by atoms with Crippen molar-refractivity contribution in [3.63, 3.8) is 0 Å². The third-order valence-corrected chi connectivity index (χ3v) is 2.04.